The Bertz CT molecular complexity index is 314. The number of carbonyl (C=O) groups is 1. The van der Waals surface area contributed by atoms with Crippen LogP contribution in [0.1, 0.15) is 6.92 Å². The van der Waals surface area contributed by atoms with Crippen molar-refractivity contribution in [1.29, 1.82) is 0 Å². The van der Waals surface area contributed by atoms with E-state index in [9.17, 15) is 4.79 Å². The maximum absolute atomic E-state index is 10.8. The molecule has 1 aromatic rings. The third-order valence-corrected chi connectivity index (χ3v) is 2.16. The molecule has 3 nitrogen and oxygen atoms in total. The molecule has 0 aromatic heterocycles. The van der Waals surface area contributed by atoms with Crippen LogP contribution in [0.4, 0.5) is 10.5 Å². The standard InChI is InChI=1S/C9H10BrNO2/c1-2-11(9(12)13)8-5-3-4-7(10)6-8/h3-6H,2H2,1H3,(H,12,13). The molecule has 0 aliphatic rings. The van der Waals surface area contributed by atoms with E-state index in [0.717, 1.165) is 4.47 Å². The predicted molar refractivity (Wildman–Crippen MR) is 55.2 cm³/mol. The van der Waals surface area contributed by atoms with Crippen molar-refractivity contribution in [3.63, 3.8) is 0 Å². The average molecular weight is 244 g/mol. The van der Waals surface area contributed by atoms with Crippen LogP contribution in [-0.2, 0) is 0 Å². The highest BCUT2D eigenvalue weighted by Crippen LogP contribution is 2.19. The Balaban J connectivity index is 2.98. The summed E-state index contributed by atoms with van der Waals surface area (Å²) < 4.78 is 0.879. The smallest absolute Gasteiger partial charge is 0.411 e. The van der Waals surface area contributed by atoms with Gasteiger partial charge in [-0.25, -0.2) is 4.79 Å². The molecule has 0 heterocycles. The van der Waals surface area contributed by atoms with Gasteiger partial charge in [-0.1, -0.05) is 22.0 Å². The normalized spacial score (nSPS) is 9.69. The van der Waals surface area contributed by atoms with E-state index in [0.29, 0.717) is 12.2 Å². The third kappa shape index (κ3) is 2.45. The Morgan fingerprint density at radius 3 is 2.77 bits per heavy atom. The van der Waals surface area contributed by atoms with Crippen LogP contribution < -0.4 is 4.90 Å². The zero-order chi connectivity index (χ0) is 9.84. The van der Waals surface area contributed by atoms with Gasteiger partial charge in [-0.15, -0.1) is 0 Å². The average Bonchev–Trinajstić information content (AvgIpc) is 2.04. The molecular weight excluding hydrogens is 234 g/mol. The second kappa shape index (κ2) is 4.28. The Morgan fingerprint density at radius 2 is 2.31 bits per heavy atom. The molecule has 0 saturated heterocycles. The number of hydrogen-bond donors (Lipinski definition) is 1. The first-order valence-corrected chi connectivity index (χ1v) is 4.70. The number of hydrogen-bond acceptors (Lipinski definition) is 1. The zero-order valence-electron chi connectivity index (χ0n) is 7.20. The molecule has 0 aliphatic heterocycles. The number of nitrogens with zero attached hydrogens (tertiary/aromatic N) is 1. The maximum Gasteiger partial charge on any atom is 0.411 e. The minimum absolute atomic E-state index is 0.450. The molecule has 1 rings (SSSR count). The van der Waals surface area contributed by atoms with Gasteiger partial charge < -0.3 is 5.11 Å². The number of amides is 1. The lowest BCUT2D eigenvalue weighted by Crippen LogP contribution is -2.28. The molecule has 1 N–H and O–H groups in total. The number of halogens is 1. The lowest BCUT2D eigenvalue weighted by Gasteiger charge is -2.16. The van der Waals surface area contributed by atoms with Gasteiger partial charge in [-0.2, -0.15) is 0 Å². The first kappa shape index (κ1) is 10.1. The van der Waals surface area contributed by atoms with Gasteiger partial charge in [-0.05, 0) is 25.1 Å². The van der Waals surface area contributed by atoms with Crippen LogP contribution in [0.5, 0.6) is 0 Å². The van der Waals surface area contributed by atoms with Gasteiger partial charge in [0.25, 0.3) is 0 Å². The van der Waals surface area contributed by atoms with Crippen molar-refractivity contribution in [3.05, 3.63) is 28.7 Å². The summed E-state index contributed by atoms with van der Waals surface area (Å²) in [4.78, 5) is 12.0. The van der Waals surface area contributed by atoms with Crippen molar-refractivity contribution in [2.75, 3.05) is 11.4 Å². The molecule has 1 amide bonds. The topological polar surface area (TPSA) is 40.5 Å². The lowest BCUT2D eigenvalue weighted by atomic mass is 10.3. The summed E-state index contributed by atoms with van der Waals surface area (Å²) in [6, 6.07) is 7.21. The molecular formula is C9H10BrNO2. The minimum Gasteiger partial charge on any atom is -0.465 e. The van der Waals surface area contributed by atoms with E-state index < -0.39 is 6.09 Å². The first-order valence-electron chi connectivity index (χ1n) is 3.91. The van der Waals surface area contributed by atoms with Crippen molar-refractivity contribution >= 4 is 27.7 Å². The molecule has 0 fully saturated rings. The van der Waals surface area contributed by atoms with Gasteiger partial charge in [0.1, 0.15) is 0 Å². The highest BCUT2D eigenvalue weighted by atomic mass is 79.9. The third-order valence-electron chi connectivity index (χ3n) is 1.67. The predicted octanol–water partition coefficient (Wildman–Crippen LogP) is 2.95. The summed E-state index contributed by atoms with van der Waals surface area (Å²) in [5.41, 5.74) is 0.685. The van der Waals surface area contributed by atoms with Gasteiger partial charge in [0, 0.05) is 16.7 Å². The van der Waals surface area contributed by atoms with Crippen molar-refractivity contribution < 1.29 is 9.90 Å². The molecule has 0 bridgehead atoms. The van der Waals surface area contributed by atoms with Crippen LogP contribution in [0.15, 0.2) is 28.7 Å². The quantitative estimate of drug-likeness (QED) is 0.868. The maximum atomic E-state index is 10.8. The molecule has 0 spiro atoms. The van der Waals surface area contributed by atoms with Gasteiger partial charge in [-0.3, -0.25) is 4.90 Å². The summed E-state index contributed by atoms with van der Waals surface area (Å²) >= 11 is 3.29. The molecule has 1 aromatic carbocycles. The lowest BCUT2D eigenvalue weighted by molar-refractivity contribution is 0.202. The monoisotopic (exact) mass is 243 g/mol. The second-order valence-corrected chi connectivity index (χ2v) is 3.42. The van der Waals surface area contributed by atoms with Crippen molar-refractivity contribution in [1.82, 2.24) is 0 Å². The molecule has 70 valence electrons. The van der Waals surface area contributed by atoms with E-state index in [2.05, 4.69) is 15.9 Å². The van der Waals surface area contributed by atoms with Gasteiger partial charge in [0.2, 0.25) is 0 Å². The largest absolute Gasteiger partial charge is 0.465 e. The Morgan fingerprint density at radius 1 is 1.62 bits per heavy atom. The van der Waals surface area contributed by atoms with Crippen LogP contribution in [0, 0.1) is 0 Å². The van der Waals surface area contributed by atoms with E-state index in [1.165, 1.54) is 4.90 Å². The summed E-state index contributed by atoms with van der Waals surface area (Å²) in [6.45, 7) is 2.25. The summed E-state index contributed by atoms with van der Waals surface area (Å²) in [6.07, 6.45) is -0.930. The Labute approximate surface area is 85.1 Å². The fourth-order valence-electron chi connectivity index (χ4n) is 1.07. The SMILES string of the molecule is CCN(C(=O)O)c1cccc(Br)c1. The van der Waals surface area contributed by atoms with E-state index in [4.69, 9.17) is 5.11 Å². The van der Waals surface area contributed by atoms with E-state index in [1.807, 2.05) is 12.1 Å². The molecule has 4 heteroatoms. The minimum atomic E-state index is -0.930. The first-order chi connectivity index (χ1) is 6.15. The van der Waals surface area contributed by atoms with Crippen LogP contribution >= 0.6 is 15.9 Å². The molecule has 0 unspecified atom stereocenters. The Hall–Kier alpha value is -1.03. The van der Waals surface area contributed by atoms with E-state index in [1.54, 1.807) is 19.1 Å². The van der Waals surface area contributed by atoms with Crippen LogP contribution in [0.2, 0.25) is 0 Å². The van der Waals surface area contributed by atoms with Crippen LogP contribution in [0.3, 0.4) is 0 Å². The van der Waals surface area contributed by atoms with Crippen molar-refractivity contribution in [2.24, 2.45) is 0 Å². The summed E-state index contributed by atoms with van der Waals surface area (Å²) in [7, 11) is 0. The molecule has 0 radical (unpaired) electrons. The van der Waals surface area contributed by atoms with Gasteiger partial charge >= 0.3 is 6.09 Å². The Kier molecular flexibility index (Phi) is 3.31. The zero-order valence-corrected chi connectivity index (χ0v) is 8.78. The van der Waals surface area contributed by atoms with Crippen molar-refractivity contribution in [2.45, 2.75) is 6.92 Å². The van der Waals surface area contributed by atoms with E-state index in [-0.39, 0.29) is 0 Å². The molecule has 13 heavy (non-hydrogen) atoms. The molecule has 0 atom stereocenters. The molecule has 0 saturated carbocycles. The molecule has 0 aliphatic carbocycles. The van der Waals surface area contributed by atoms with Crippen molar-refractivity contribution in [3.8, 4) is 0 Å². The fraction of sp³-hybridized carbons (Fsp3) is 0.222. The fourth-order valence-corrected chi connectivity index (χ4v) is 1.46. The number of benzene rings is 1. The second-order valence-electron chi connectivity index (χ2n) is 2.51. The number of anilines is 1. The number of rotatable bonds is 2. The van der Waals surface area contributed by atoms with E-state index >= 15 is 0 Å². The summed E-state index contributed by atoms with van der Waals surface area (Å²) in [5.74, 6) is 0. The van der Waals surface area contributed by atoms with Gasteiger partial charge in [0.15, 0.2) is 0 Å². The van der Waals surface area contributed by atoms with Gasteiger partial charge in [0.05, 0.1) is 0 Å². The van der Waals surface area contributed by atoms with Crippen LogP contribution in [0.25, 0.3) is 0 Å². The number of carboxylic acid groups (broad SMARTS) is 1. The highest BCUT2D eigenvalue weighted by Gasteiger charge is 2.10. The summed E-state index contributed by atoms with van der Waals surface area (Å²) in [5, 5.41) is 8.83. The van der Waals surface area contributed by atoms with Crippen LogP contribution in [-0.4, -0.2) is 17.7 Å². The highest BCUT2D eigenvalue weighted by molar-refractivity contribution is 9.10.